The number of nitrogens with two attached hydrogens (primary N) is 1. The molecule has 0 radical (unpaired) electrons. The zero-order chi connectivity index (χ0) is 17.5. The number of carbonyl (C=O) groups is 1. The Balaban J connectivity index is 2.70. The molecule has 0 bridgehead atoms. The lowest BCUT2D eigenvalue weighted by atomic mass is 10.1. The van der Waals surface area contributed by atoms with Crippen LogP contribution in [0.15, 0.2) is 24.3 Å². The number of nitrogens with one attached hydrogen (secondary N) is 1. The molecule has 1 rings (SSSR count). The van der Waals surface area contributed by atoms with Crippen LogP contribution >= 0.6 is 0 Å². The first kappa shape index (κ1) is 19.5. The highest BCUT2D eigenvalue weighted by atomic mass is 32.2. The summed E-state index contributed by atoms with van der Waals surface area (Å²) in [6.45, 7) is 2.37. The quantitative estimate of drug-likeness (QED) is 0.715. The first-order valence-corrected chi connectivity index (χ1v) is 9.11. The zero-order valence-corrected chi connectivity index (χ0v) is 13.8. The number of rotatable bonds is 9. The average Bonchev–Trinajstić information content (AvgIpc) is 2.51. The van der Waals surface area contributed by atoms with Crippen molar-refractivity contribution in [3.63, 3.8) is 0 Å². The van der Waals surface area contributed by atoms with Gasteiger partial charge in [-0.3, -0.25) is 4.79 Å². The Hall–Kier alpha value is -1.54. The molecule has 1 amide bonds. The van der Waals surface area contributed by atoms with E-state index in [1.807, 2.05) is 6.92 Å². The molecule has 0 aliphatic carbocycles. The summed E-state index contributed by atoms with van der Waals surface area (Å²) in [4.78, 5) is 12.1. The Kier molecular flexibility index (Phi) is 7.57. The molecule has 1 unspecified atom stereocenters. The molecule has 0 heterocycles. The van der Waals surface area contributed by atoms with Crippen LogP contribution in [0.1, 0.15) is 42.1 Å². The Bertz CT molecular complexity index is 604. The fraction of sp³-hybridized carbons (Fsp3) is 0.533. The number of benzene rings is 1. The Morgan fingerprint density at radius 1 is 1.26 bits per heavy atom. The number of unbranched alkanes of at least 4 members (excludes halogenated alkanes) is 1. The predicted octanol–water partition coefficient (Wildman–Crippen LogP) is 2.07. The van der Waals surface area contributed by atoms with Crippen molar-refractivity contribution in [2.45, 2.75) is 43.7 Å². The summed E-state index contributed by atoms with van der Waals surface area (Å²) in [6, 6.07) is 5.43. The van der Waals surface area contributed by atoms with Gasteiger partial charge in [-0.15, -0.1) is 0 Å². The molecule has 0 fully saturated rings. The van der Waals surface area contributed by atoms with Gasteiger partial charge in [0.1, 0.15) is 0 Å². The highest BCUT2D eigenvalue weighted by Gasteiger charge is 2.24. The normalized spacial score (nSPS) is 13.1. The number of carbonyl (C=O) groups excluding carboxylic acids is 1. The van der Waals surface area contributed by atoms with Crippen molar-refractivity contribution in [2.75, 3.05) is 6.54 Å². The van der Waals surface area contributed by atoms with Gasteiger partial charge in [-0.2, -0.15) is 8.78 Å². The second-order valence-corrected chi connectivity index (χ2v) is 7.28. The van der Waals surface area contributed by atoms with Gasteiger partial charge >= 0.3 is 5.76 Å². The Morgan fingerprint density at radius 3 is 2.35 bits per heavy atom. The molecule has 0 saturated heterocycles. The number of sulfone groups is 1. The van der Waals surface area contributed by atoms with Crippen molar-refractivity contribution >= 4 is 15.7 Å². The van der Waals surface area contributed by atoms with Gasteiger partial charge in [0.2, 0.25) is 9.84 Å². The predicted molar refractivity (Wildman–Crippen MR) is 84.9 cm³/mol. The van der Waals surface area contributed by atoms with Gasteiger partial charge in [0.25, 0.3) is 5.91 Å². The molecular formula is C15H22F2N2O3S. The van der Waals surface area contributed by atoms with Crippen LogP contribution in [0.3, 0.4) is 0 Å². The van der Waals surface area contributed by atoms with Crippen molar-refractivity contribution in [3.05, 3.63) is 35.4 Å². The third kappa shape index (κ3) is 6.23. The lowest BCUT2D eigenvalue weighted by molar-refractivity contribution is 0.0935. The summed E-state index contributed by atoms with van der Waals surface area (Å²) in [5.74, 6) is -4.48. The first-order valence-electron chi connectivity index (χ1n) is 7.39. The van der Waals surface area contributed by atoms with Gasteiger partial charge < -0.3 is 11.1 Å². The van der Waals surface area contributed by atoms with Gasteiger partial charge in [-0.05, 0) is 24.1 Å². The zero-order valence-electron chi connectivity index (χ0n) is 13.0. The Labute approximate surface area is 135 Å². The van der Waals surface area contributed by atoms with Gasteiger partial charge in [0, 0.05) is 18.2 Å². The van der Waals surface area contributed by atoms with Crippen molar-refractivity contribution in [1.29, 1.82) is 0 Å². The summed E-state index contributed by atoms with van der Waals surface area (Å²) in [6.07, 6.45) is 2.73. The van der Waals surface area contributed by atoms with Crippen LogP contribution in [-0.2, 0) is 15.6 Å². The topological polar surface area (TPSA) is 89.3 Å². The monoisotopic (exact) mass is 348 g/mol. The fourth-order valence-electron chi connectivity index (χ4n) is 2.02. The number of hydrogen-bond donors (Lipinski definition) is 2. The van der Waals surface area contributed by atoms with Crippen LogP contribution in [0.25, 0.3) is 0 Å². The number of hydrogen-bond acceptors (Lipinski definition) is 4. The molecule has 0 aliphatic rings. The lowest BCUT2D eigenvalue weighted by Gasteiger charge is -2.16. The molecule has 0 aliphatic heterocycles. The summed E-state index contributed by atoms with van der Waals surface area (Å²) < 4.78 is 47.0. The van der Waals surface area contributed by atoms with Gasteiger partial charge in [0.15, 0.2) is 0 Å². The maximum Gasteiger partial charge on any atom is 0.337 e. The number of amides is 1. The fourth-order valence-corrected chi connectivity index (χ4v) is 2.80. The third-order valence-electron chi connectivity index (χ3n) is 3.38. The van der Waals surface area contributed by atoms with E-state index in [2.05, 4.69) is 5.32 Å². The standard InChI is InChI=1S/C15H22F2N2O3S/c1-2-3-4-13(9-18)19-14(20)12-7-5-11(6-8-12)10-23(21,22)15(16)17/h5-8,13,15H,2-4,9-10,18H2,1H3,(H,19,20). The minimum absolute atomic E-state index is 0.124. The van der Waals surface area contributed by atoms with Crippen molar-refractivity contribution < 1.29 is 22.0 Å². The average molecular weight is 348 g/mol. The van der Waals surface area contributed by atoms with Crippen LogP contribution in [0.4, 0.5) is 8.78 Å². The maximum absolute atomic E-state index is 12.3. The van der Waals surface area contributed by atoms with E-state index in [4.69, 9.17) is 5.73 Å². The highest BCUT2D eigenvalue weighted by Crippen LogP contribution is 2.14. The smallest absolute Gasteiger partial charge is 0.337 e. The summed E-state index contributed by atoms with van der Waals surface area (Å²) in [5, 5.41) is 2.80. The minimum atomic E-state index is -4.47. The molecule has 3 N–H and O–H groups in total. The van der Waals surface area contributed by atoms with Crippen molar-refractivity contribution in [3.8, 4) is 0 Å². The van der Waals surface area contributed by atoms with Gasteiger partial charge in [-0.25, -0.2) is 8.42 Å². The molecule has 0 aromatic heterocycles. The van der Waals surface area contributed by atoms with E-state index in [1.54, 1.807) is 0 Å². The third-order valence-corrected chi connectivity index (χ3v) is 4.66. The number of halogens is 2. The molecule has 0 saturated carbocycles. The van der Waals surface area contributed by atoms with Crippen molar-refractivity contribution in [2.24, 2.45) is 5.73 Å². The van der Waals surface area contributed by atoms with Crippen LogP contribution in [0.2, 0.25) is 0 Å². The molecule has 0 spiro atoms. The minimum Gasteiger partial charge on any atom is -0.348 e. The SMILES string of the molecule is CCCCC(CN)NC(=O)c1ccc(CS(=O)(=O)C(F)F)cc1. The van der Waals surface area contributed by atoms with E-state index in [9.17, 15) is 22.0 Å². The summed E-state index contributed by atoms with van der Waals surface area (Å²) in [7, 11) is -4.47. The largest absolute Gasteiger partial charge is 0.348 e. The van der Waals surface area contributed by atoms with E-state index < -0.39 is 21.3 Å². The molecule has 1 atom stereocenters. The second-order valence-electron chi connectivity index (χ2n) is 5.31. The van der Waals surface area contributed by atoms with Crippen LogP contribution in [0, 0.1) is 0 Å². The first-order chi connectivity index (χ1) is 10.8. The molecule has 1 aromatic carbocycles. The number of alkyl halides is 2. The summed E-state index contributed by atoms with van der Waals surface area (Å²) in [5.41, 5.74) is 6.15. The second kappa shape index (κ2) is 8.93. The maximum atomic E-state index is 12.3. The van der Waals surface area contributed by atoms with E-state index in [0.717, 1.165) is 19.3 Å². The molecule has 23 heavy (non-hydrogen) atoms. The molecule has 5 nitrogen and oxygen atoms in total. The van der Waals surface area contributed by atoms with Crippen LogP contribution in [-0.4, -0.2) is 32.7 Å². The highest BCUT2D eigenvalue weighted by molar-refractivity contribution is 7.90. The van der Waals surface area contributed by atoms with Gasteiger partial charge in [-0.1, -0.05) is 31.9 Å². The summed E-state index contributed by atoms with van der Waals surface area (Å²) >= 11 is 0. The van der Waals surface area contributed by atoms with E-state index in [0.29, 0.717) is 12.1 Å². The van der Waals surface area contributed by atoms with E-state index in [-0.39, 0.29) is 17.5 Å². The molecule has 130 valence electrons. The lowest BCUT2D eigenvalue weighted by Crippen LogP contribution is -2.40. The van der Waals surface area contributed by atoms with Gasteiger partial charge in [0.05, 0.1) is 5.75 Å². The van der Waals surface area contributed by atoms with E-state index in [1.165, 1.54) is 24.3 Å². The van der Waals surface area contributed by atoms with E-state index >= 15 is 0 Å². The molecular weight excluding hydrogens is 326 g/mol. The molecule has 8 heteroatoms. The molecule has 1 aromatic rings. The Morgan fingerprint density at radius 2 is 1.87 bits per heavy atom. The van der Waals surface area contributed by atoms with Crippen LogP contribution in [0.5, 0.6) is 0 Å². The van der Waals surface area contributed by atoms with Crippen LogP contribution < -0.4 is 11.1 Å². The van der Waals surface area contributed by atoms with Crippen molar-refractivity contribution in [1.82, 2.24) is 5.32 Å².